The van der Waals surface area contributed by atoms with Gasteiger partial charge in [-0.1, -0.05) is 13.3 Å². The van der Waals surface area contributed by atoms with Crippen molar-refractivity contribution in [1.82, 2.24) is 0 Å². The van der Waals surface area contributed by atoms with Gasteiger partial charge in [-0.3, -0.25) is 4.79 Å². The molecule has 0 spiro atoms. The Bertz CT molecular complexity index is 348. The molecular weight excluding hydrogens is 236 g/mol. The third-order valence-corrected chi connectivity index (χ3v) is 3.65. The van der Waals surface area contributed by atoms with E-state index in [0.717, 1.165) is 18.6 Å². The first-order chi connectivity index (χ1) is 8.13. The highest BCUT2D eigenvalue weighted by Crippen LogP contribution is 2.17. The van der Waals surface area contributed by atoms with Gasteiger partial charge >= 0.3 is 0 Å². The molecule has 0 aliphatic rings. The Balaban J connectivity index is 2.52. The summed E-state index contributed by atoms with van der Waals surface area (Å²) in [6, 6.07) is 7.09. The molecule has 0 saturated carbocycles. The van der Waals surface area contributed by atoms with Crippen LogP contribution in [0.4, 0.5) is 0 Å². The lowest BCUT2D eigenvalue weighted by molar-refractivity contribution is -0.114. The summed E-state index contributed by atoms with van der Waals surface area (Å²) in [5.74, 6) is 0.796. The highest BCUT2D eigenvalue weighted by atomic mass is 32.2. The van der Waals surface area contributed by atoms with Crippen LogP contribution >= 0.6 is 0 Å². The summed E-state index contributed by atoms with van der Waals surface area (Å²) in [6.45, 7) is 4.25. The predicted molar refractivity (Wildman–Crippen MR) is 68.8 cm³/mol. The van der Waals surface area contributed by atoms with E-state index in [2.05, 4.69) is 6.92 Å². The zero-order valence-electron chi connectivity index (χ0n) is 10.3. The number of carbonyl (C=O) groups excluding carboxylic acids is 1. The first kappa shape index (κ1) is 14.1. The van der Waals surface area contributed by atoms with Gasteiger partial charge in [0.05, 0.1) is 6.61 Å². The van der Waals surface area contributed by atoms with E-state index in [1.165, 1.54) is 6.92 Å². The molecule has 94 valence electrons. The summed E-state index contributed by atoms with van der Waals surface area (Å²) in [7, 11) is 0. The lowest BCUT2D eigenvalue weighted by atomic mass is 10.3. The molecule has 0 bridgehead atoms. The fraction of sp³-hybridized carbons (Fsp3) is 0.462. The highest BCUT2D eigenvalue weighted by Gasteiger charge is 2.13. The molecule has 1 aromatic carbocycles. The van der Waals surface area contributed by atoms with Crippen LogP contribution < -0.4 is 4.74 Å². The van der Waals surface area contributed by atoms with Gasteiger partial charge in [-0.15, -0.1) is 0 Å². The Morgan fingerprint density at radius 1 is 1.35 bits per heavy atom. The summed E-state index contributed by atoms with van der Waals surface area (Å²) in [5.41, 5.74) is 0. The van der Waals surface area contributed by atoms with Crippen LogP contribution in [-0.2, 0) is 16.0 Å². The van der Waals surface area contributed by atoms with Gasteiger partial charge in [0, 0.05) is 0 Å². The Kier molecular flexibility index (Phi) is 6.08. The minimum absolute atomic E-state index is 0.0633. The van der Waals surface area contributed by atoms with Crippen LogP contribution in [0.15, 0.2) is 29.2 Å². The smallest absolute Gasteiger partial charge is 0.179 e. The number of carbonyl (C=O) groups is 1. The first-order valence-electron chi connectivity index (χ1n) is 5.74. The van der Waals surface area contributed by atoms with Crippen molar-refractivity contribution >= 4 is 17.0 Å². The summed E-state index contributed by atoms with van der Waals surface area (Å²) >= 11 is -1.23. The van der Waals surface area contributed by atoms with E-state index in [1.807, 2.05) is 0 Å². The van der Waals surface area contributed by atoms with Crippen molar-refractivity contribution in [2.45, 2.75) is 31.6 Å². The highest BCUT2D eigenvalue weighted by molar-refractivity contribution is 7.92. The van der Waals surface area contributed by atoms with E-state index in [1.54, 1.807) is 24.3 Å². The second kappa shape index (κ2) is 7.35. The zero-order valence-corrected chi connectivity index (χ0v) is 11.1. The molecule has 0 heterocycles. The summed E-state index contributed by atoms with van der Waals surface area (Å²) in [4.78, 5) is 11.5. The lowest BCUT2D eigenvalue weighted by Gasteiger charge is -2.09. The third kappa shape index (κ3) is 5.24. The molecule has 0 radical (unpaired) electrons. The fourth-order valence-electron chi connectivity index (χ4n) is 1.29. The normalized spacial score (nSPS) is 12.2. The zero-order chi connectivity index (χ0) is 12.7. The van der Waals surface area contributed by atoms with Crippen molar-refractivity contribution in [3.05, 3.63) is 24.3 Å². The standard InChI is InChI=1S/C13H18O3S/c1-3-4-9-16-12-5-7-13(8-6-12)17(15)10-11(2)14/h5-8H,3-4,9-10H2,1-2H3. The van der Waals surface area contributed by atoms with Gasteiger partial charge in [0.15, 0.2) is 16.4 Å². The van der Waals surface area contributed by atoms with Gasteiger partial charge in [-0.05, 0) is 48.8 Å². The van der Waals surface area contributed by atoms with Gasteiger partial charge in [0.2, 0.25) is 0 Å². The molecule has 1 atom stereocenters. The molecule has 0 amide bonds. The molecule has 0 saturated heterocycles. The maximum Gasteiger partial charge on any atom is 0.179 e. The van der Waals surface area contributed by atoms with E-state index in [9.17, 15) is 9.35 Å². The minimum atomic E-state index is -1.23. The topological polar surface area (TPSA) is 49.4 Å². The Morgan fingerprint density at radius 2 is 2.00 bits per heavy atom. The van der Waals surface area contributed by atoms with Gasteiger partial charge < -0.3 is 9.29 Å². The molecule has 0 aromatic heterocycles. The maximum absolute atomic E-state index is 11.7. The number of hydrogen-bond acceptors (Lipinski definition) is 3. The second-order valence-corrected chi connectivity index (χ2v) is 5.32. The molecule has 3 nitrogen and oxygen atoms in total. The molecule has 0 fully saturated rings. The van der Waals surface area contributed by atoms with Crippen molar-refractivity contribution in [3.63, 3.8) is 0 Å². The fourth-order valence-corrected chi connectivity index (χ4v) is 2.27. The largest absolute Gasteiger partial charge is 0.611 e. The third-order valence-electron chi connectivity index (χ3n) is 2.19. The summed E-state index contributed by atoms with van der Waals surface area (Å²) in [6.07, 6.45) is 2.12. The molecular formula is C13H18O3S. The van der Waals surface area contributed by atoms with Gasteiger partial charge in [-0.2, -0.15) is 0 Å². The molecule has 17 heavy (non-hydrogen) atoms. The van der Waals surface area contributed by atoms with Crippen molar-refractivity contribution in [2.75, 3.05) is 12.4 Å². The monoisotopic (exact) mass is 254 g/mol. The van der Waals surface area contributed by atoms with Crippen LogP contribution in [0.5, 0.6) is 5.75 Å². The second-order valence-electron chi connectivity index (χ2n) is 3.87. The Hall–Kier alpha value is -1.00. The van der Waals surface area contributed by atoms with Crippen molar-refractivity contribution in [3.8, 4) is 5.75 Å². The van der Waals surface area contributed by atoms with Crippen LogP contribution in [-0.4, -0.2) is 22.7 Å². The molecule has 1 unspecified atom stereocenters. The average Bonchev–Trinajstić information content (AvgIpc) is 2.29. The number of ether oxygens (including phenoxy) is 1. The van der Waals surface area contributed by atoms with Crippen molar-refractivity contribution in [1.29, 1.82) is 0 Å². The van der Waals surface area contributed by atoms with Gasteiger partial charge in [-0.25, -0.2) is 0 Å². The Morgan fingerprint density at radius 3 is 2.53 bits per heavy atom. The molecule has 0 N–H and O–H groups in total. The number of Topliss-reactive ketones (excluding diaryl/α,β-unsaturated/α-hetero) is 1. The summed E-state index contributed by atoms with van der Waals surface area (Å²) in [5, 5.41) is 0. The number of unbranched alkanes of at least 4 members (excludes halogenated alkanes) is 1. The van der Waals surface area contributed by atoms with E-state index in [0.29, 0.717) is 11.5 Å². The van der Waals surface area contributed by atoms with Gasteiger partial charge in [0.25, 0.3) is 0 Å². The number of benzene rings is 1. The average molecular weight is 254 g/mol. The number of ketones is 1. The van der Waals surface area contributed by atoms with E-state index in [-0.39, 0.29) is 11.5 Å². The molecule has 1 aromatic rings. The van der Waals surface area contributed by atoms with E-state index >= 15 is 0 Å². The SMILES string of the molecule is CCCCOc1ccc([S+]([O-])CC(C)=O)cc1. The quantitative estimate of drug-likeness (QED) is 0.555. The first-order valence-corrected chi connectivity index (χ1v) is 7.06. The maximum atomic E-state index is 11.7. The molecule has 0 aliphatic carbocycles. The van der Waals surface area contributed by atoms with Crippen molar-refractivity contribution in [2.24, 2.45) is 0 Å². The summed E-state index contributed by atoms with van der Waals surface area (Å²) < 4.78 is 17.2. The lowest BCUT2D eigenvalue weighted by Crippen LogP contribution is -2.13. The number of rotatable bonds is 7. The van der Waals surface area contributed by atoms with Crippen LogP contribution in [0.25, 0.3) is 0 Å². The predicted octanol–water partition coefficient (Wildman–Crippen LogP) is 2.56. The van der Waals surface area contributed by atoms with Crippen LogP contribution in [0.2, 0.25) is 0 Å². The van der Waals surface area contributed by atoms with Gasteiger partial charge in [0.1, 0.15) is 5.75 Å². The van der Waals surface area contributed by atoms with E-state index < -0.39 is 11.2 Å². The Labute approximate surface area is 105 Å². The molecule has 1 rings (SSSR count). The van der Waals surface area contributed by atoms with Crippen molar-refractivity contribution < 1.29 is 14.1 Å². The van der Waals surface area contributed by atoms with Crippen LogP contribution in [0.3, 0.4) is 0 Å². The molecule has 4 heteroatoms. The van der Waals surface area contributed by atoms with Crippen LogP contribution in [0.1, 0.15) is 26.7 Å². The van der Waals surface area contributed by atoms with Crippen LogP contribution in [0, 0.1) is 0 Å². The van der Waals surface area contributed by atoms with E-state index in [4.69, 9.17) is 4.74 Å². The molecule has 0 aliphatic heterocycles. The number of hydrogen-bond donors (Lipinski definition) is 0. The minimum Gasteiger partial charge on any atom is -0.611 e.